The molecule has 0 aliphatic carbocycles. The first-order valence-electron chi connectivity index (χ1n) is 9.26. The van der Waals surface area contributed by atoms with Gasteiger partial charge in [-0.2, -0.15) is 0 Å². The Balaban J connectivity index is 1.67. The smallest absolute Gasteiger partial charge is 0.229 e. The number of benzene rings is 2. The second kappa shape index (κ2) is 9.33. The summed E-state index contributed by atoms with van der Waals surface area (Å²) in [6, 6.07) is 8.01. The van der Waals surface area contributed by atoms with Crippen molar-refractivity contribution in [2.45, 2.75) is 30.7 Å². The summed E-state index contributed by atoms with van der Waals surface area (Å²) in [5.74, 6) is -1.94. The van der Waals surface area contributed by atoms with Gasteiger partial charge in [-0.1, -0.05) is 18.2 Å². The standard InChI is InChI=1S/C21H22O10/c22-9-16-18(27)19(28)20(29)21(31-16)30-12-4-1-10(2-5-12)3-6-13(24)17-14(25)7-11(23)8-15(17)26/h1-8,16,18-23,25-29H,9H2/b6-3+/t16-,18-,19+,20-,21-/m1/s1. The predicted molar refractivity (Wildman–Crippen MR) is 106 cm³/mol. The lowest BCUT2D eigenvalue weighted by Gasteiger charge is -2.39. The maximum absolute atomic E-state index is 12.2. The largest absolute Gasteiger partial charge is 0.508 e. The van der Waals surface area contributed by atoms with Crippen LogP contribution in [-0.2, 0) is 4.74 Å². The van der Waals surface area contributed by atoms with Crippen LogP contribution in [0.2, 0.25) is 0 Å². The van der Waals surface area contributed by atoms with E-state index in [9.17, 15) is 40.5 Å². The van der Waals surface area contributed by atoms with Crippen LogP contribution in [0.25, 0.3) is 6.08 Å². The summed E-state index contributed by atoms with van der Waals surface area (Å²) in [6.45, 7) is -0.575. The number of phenolic OH excluding ortho intramolecular Hbond substituents is 3. The summed E-state index contributed by atoms with van der Waals surface area (Å²) in [6.07, 6.45) is -4.46. The first kappa shape index (κ1) is 22.5. The Morgan fingerprint density at radius 2 is 1.58 bits per heavy atom. The number of aromatic hydroxyl groups is 3. The van der Waals surface area contributed by atoms with Crippen molar-refractivity contribution in [3.05, 3.63) is 53.6 Å². The molecule has 7 N–H and O–H groups in total. The monoisotopic (exact) mass is 434 g/mol. The molecule has 0 saturated carbocycles. The third-order valence-corrected chi connectivity index (χ3v) is 4.74. The number of aliphatic hydroxyl groups excluding tert-OH is 4. The summed E-state index contributed by atoms with van der Waals surface area (Å²) in [7, 11) is 0. The molecular formula is C21H22O10. The van der Waals surface area contributed by atoms with Crippen LogP contribution in [0.15, 0.2) is 42.5 Å². The third-order valence-electron chi connectivity index (χ3n) is 4.74. The topological polar surface area (TPSA) is 177 Å². The Kier molecular flexibility index (Phi) is 6.78. The molecule has 3 rings (SSSR count). The van der Waals surface area contributed by atoms with E-state index in [2.05, 4.69) is 0 Å². The first-order chi connectivity index (χ1) is 14.7. The Morgan fingerprint density at radius 3 is 2.16 bits per heavy atom. The zero-order valence-electron chi connectivity index (χ0n) is 16.1. The molecule has 10 nitrogen and oxygen atoms in total. The summed E-state index contributed by atoms with van der Waals surface area (Å²) in [5.41, 5.74) is 0.212. The molecule has 0 amide bonds. The average molecular weight is 434 g/mol. The van der Waals surface area contributed by atoms with Crippen LogP contribution in [-0.4, -0.2) is 78.8 Å². The molecule has 31 heavy (non-hydrogen) atoms. The lowest BCUT2D eigenvalue weighted by molar-refractivity contribution is -0.277. The quantitative estimate of drug-likeness (QED) is 0.239. The lowest BCUT2D eigenvalue weighted by atomic mass is 9.99. The minimum Gasteiger partial charge on any atom is -0.508 e. The van der Waals surface area contributed by atoms with Crippen molar-refractivity contribution in [2.24, 2.45) is 0 Å². The van der Waals surface area contributed by atoms with Gasteiger partial charge in [0.15, 0.2) is 5.78 Å². The summed E-state index contributed by atoms with van der Waals surface area (Å²) < 4.78 is 10.7. The first-order valence-corrected chi connectivity index (χ1v) is 9.26. The van der Waals surface area contributed by atoms with Gasteiger partial charge in [-0.25, -0.2) is 0 Å². The van der Waals surface area contributed by atoms with Crippen LogP contribution in [0.4, 0.5) is 0 Å². The highest BCUT2D eigenvalue weighted by atomic mass is 16.7. The molecule has 1 aliphatic heterocycles. The molecule has 2 aromatic carbocycles. The van der Waals surface area contributed by atoms with Crippen LogP contribution >= 0.6 is 0 Å². The SMILES string of the molecule is O=C(/C=C/c1ccc(O[C@@H]2O[C@H](CO)[C@@H](O)[C@H](O)[C@H]2O)cc1)c1c(O)cc(O)cc1O. The number of phenols is 3. The van der Waals surface area contributed by atoms with E-state index in [1.807, 2.05) is 0 Å². The Hall–Kier alpha value is -3.15. The van der Waals surface area contributed by atoms with Gasteiger partial charge in [-0.05, 0) is 23.8 Å². The van der Waals surface area contributed by atoms with Crippen LogP contribution < -0.4 is 4.74 Å². The summed E-state index contributed by atoms with van der Waals surface area (Å²) in [4.78, 5) is 12.2. The van der Waals surface area contributed by atoms with Crippen molar-refractivity contribution in [3.63, 3.8) is 0 Å². The molecule has 1 heterocycles. The number of carbonyl (C=O) groups is 1. The van der Waals surface area contributed by atoms with Gasteiger partial charge >= 0.3 is 0 Å². The fraction of sp³-hybridized carbons (Fsp3) is 0.286. The van der Waals surface area contributed by atoms with Crippen molar-refractivity contribution in [1.82, 2.24) is 0 Å². The Bertz CT molecular complexity index is 930. The highest BCUT2D eigenvalue weighted by Gasteiger charge is 2.44. The molecule has 2 aromatic rings. The summed E-state index contributed by atoms with van der Waals surface area (Å²) in [5, 5.41) is 67.6. The summed E-state index contributed by atoms with van der Waals surface area (Å²) >= 11 is 0. The van der Waals surface area contributed by atoms with Gasteiger partial charge in [0.05, 0.1) is 6.61 Å². The average Bonchev–Trinajstić information content (AvgIpc) is 2.73. The third kappa shape index (κ3) is 4.95. The number of hydrogen-bond acceptors (Lipinski definition) is 10. The second-order valence-corrected chi connectivity index (χ2v) is 6.94. The molecule has 10 heteroatoms. The molecule has 0 unspecified atom stereocenters. The van der Waals surface area contributed by atoms with Gasteiger partial charge in [0, 0.05) is 12.1 Å². The number of ether oxygens (including phenoxy) is 2. The van der Waals surface area contributed by atoms with Crippen molar-refractivity contribution in [1.29, 1.82) is 0 Å². The molecular weight excluding hydrogens is 412 g/mol. The number of rotatable bonds is 6. The zero-order valence-corrected chi connectivity index (χ0v) is 16.1. The van der Waals surface area contributed by atoms with E-state index in [1.165, 1.54) is 18.2 Å². The number of hydrogen-bond donors (Lipinski definition) is 7. The normalized spacial score (nSPS) is 26.1. The number of allylic oxidation sites excluding steroid dienone is 1. The number of aliphatic hydroxyl groups is 4. The molecule has 1 saturated heterocycles. The second-order valence-electron chi connectivity index (χ2n) is 6.94. The molecule has 0 bridgehead atoms. The van der Waals surface area contributed by atoms with Gasteiger partial charge in [0.1, 0.15) is 53.0 Å². The van der Waals surface area contributed by atoms with E-state index in [0.29, 0.717) is 5.56 Å². The zero-order chi connectivity index (χ0) is 22.7. The fourth-order valence-electron chi connectivity index (χ4n) is 3.06. The molecule has 0 spiro atoms. The maximum atomic E-state index is 12.2. The molecule has 0 radical (unpaired) electrons. The maximum Gasteiger partial charge on any atom is 0.229 e. The van der Waals surface area contributed by atoms with Crippen LogP contribution in [0.3, 0.4) is 0 Å². The minimum atomic E-state index is -1.56. The van der Waals surface area contributed by atoms with Gasteiger partial charge in [-0.15, -0.1) is 0 Å². The molecule has 0 aromatic heterocycles. The van der Waals surface area contributed by atoms with E-state index in [4.69, 9.17) is 9.47 Å². The van der Waals surface area contributed by atoms with Crippen LogP contribution in [0.5, 0.6) is 23.0 Å². The van der Waals surface area contributed by atoms with Gasteiger partial charge in [0.25, 0.3) is 0 Å². The number of ketones is 1. The predicted octanol–water partition coefficient (Wildman–Crippen LogP) is -0.122. The van der Waals surface area contributed by atoms with E-state index >= 15 is 0 Å². The highest BCUT2D eigenvalue weighted by Crippen LogP contribution is 2.32. The van der Waals surface area contributed by atoms with E-state index in [0.717, 1.165) is 18.2 Å². The van der Waals surface area contributed by atoms with Crippen molar-refractivity contribution >= 4 is 11.9 Å². The lowest BCUT2D eigenvalue weighted by Crippen LogP contribution is -2.60. The molecule has 5 atom stereocenters. The number of carbonyl (C=O) groups excluding carboxylic acids is 1. The van der Waals surface area contributed by atoms with Crippen molar-refractivity contribution < 1.29 is 50.0 Å². The molecule has 166 valence electrons. The van der Waals surface area contributed by atoms with Crippen molar-refractivity contribution in [3.8, 4) is 23.0 Å². The fourth-order valence-corrected chi connectivity index (χ4v) is 3.06. The van der Waals surface area contributed by atoms with Gasteiger partial charge in [0.2, 0.25) is 6.29 Å². The van der Waals surface area contributed by atoms with E-state index in [-0.39, 0.29) is 17.1 Å². The van der Waals surface area contributed by atoms with Crippen LogP contribution in [0.1, 0.15) is 15.9 Å². The molecule has 1 fully saturated rings. The minimum absolute atomic E-state index is 0.252. The van der Waals surface area contributed by atoms with Crippen molar-refractivity contribution in [2.75, 3.05) is 6.61 Å². The van der Waals surface area contributed by atoms with Crippen LogP contribution in [0, 0.1) is 0 Å². The van der Waals surface area contributed by atoms with Gasteiger partial charge < -0.3 is 45.2 Å². The Morgan fingerprint density at radius 1 is 0.968 bits per heavy atom. The van der Waals surface area contributed by atoms with E-state index < -0.39 is 54.6 Å². The van der Waals surface area contributed by atoms with Gasteiger partial charge in [-0.3, -0.25) is 4.79 Å². The van der Waals surface area contributed by atoms with E-state index in [1.54, 1.807) is 12.1 Å². The highest BCUT2D eigenvalue weighted by molar-refractivity contribution is 6.10. The molecule has 1 aliphatic rings. The Labute approximate surface area is 176 Å².